The Morgan fingerprint density at radius 3 is 2.85 bits per heavy atom. The first-order valence-electron chi connectivity index (χ1n) is 5.79. The maximum atomic E-state index is 6.48. The van der Waals surface area contributed by atoms with Crippen LogP contribution in [0, 0.1) is 47.3 Å². The molecule has 7 rings (SSSR count). The van der Waals surface area contributed by atoms with E-state index in [9.17, 15) is 0 Å². The van der Waals surface area contributed by atoms with Crippen molar-refractivity contribution in [3.05, 3.63) is 0 Å². The van der Waals surface area contributed by atoms with Gasteiger partial charge < -0.3 is 10.5 Å². The number of hydrogen-bond donors (Lipinski definition) is 1. The molecule has 2 nitrogen and oxygen atoms in total. The van der Waals surface area contributed by atoms with E-state index in [4.69, 9.17) is 10.5 Å². The van der Waals surface area contributed by atoms with Crippen LogP contribution in [-0.2, 0) is 4.74 Å². The second-order valence-corrected chi connectivity index (χ2v) is 6.36. The highest BCUT2D eigenvalue weighted by molar-refractivity contribution is 5.37. The van der Waals surface area contributed by atoms with Gasteiger partial charge in [-0.3, -0.25) is 0 Å². The van der Waals surface area contributed by atoms with Gasteiger partial charge in [0.15, 0.2) is 0 Å². The van der Waals surface area contributed by atoms with Crippen molar-refractivity contribution in [1.29, 1.82) is 0 Å². The first-order chi connectivity index (χ1) is 6.32. The molecule has 2 heteroatoms. The molecule has 7 aliphatic rings. The third-order valence-electron chi connectivity index (χ3n) is 6.76. The molecule has 2 aliphatic heterocycles. The summed E-state index contributed by atoms with van der Waals surface area (Å²) < 4.78 is 6.13. The molecule has 7 fully saturated rings. The van der Waals surface area contributed by atoms with E-state index in [0.717, 1.165) is 47.3 Å². The summed E-state index contributed by atoms with van der Waals surface area (Å²) in [6, 6.07) is 0. The molecule has 5 saturated carbocycles. The molecule has 68 valence electrons. The van der Waals surface area contributed by atoms with Crippen molar-refractivity contribution < 1.29 is 4.74 Å². The Kier molecular flexibility index (Phi) is 0.513. The summed E-state index contributed by atoms with van der Waals surface area (Å²) >= 11 is 0. The van der Waals surface area contributed by atoms with Gasteiger partial charge in [0.2, 0.25) is 0 Å². The fraction of sp³-hybridized carbons (Fsp3) is 1.00. The zero-order valence-electron chi connectivity index (χ0n) is 7.39. The predicted octanol–water partition coefficient (Wildman–Crippen LogP) is 0.428. The topological polar surface area (TPSA) is 35.2 Å². The highest BCUT2D eigenvalue weighted by Gasteiger charge is 2.92. The van der Waals surface area contributed by atoms with Gasteiger partial charge in [0.05, 0.1) is 6.10 Å². The van der Waals surface area contributed by atoms with E-state index < -0.39 is 0 Å². The van der Waals surface area contributed by atoms with Gasteiger partial charge in [-0.25, -0.2) is 0 Å². The van der Waals surface area contributed by atoms with Crippen LogP contribution < -0.4 is 5.73 Å². The van der Waals surface area contributed by atoms with Crippen molar-refractivity contribution in [3.8, 4) is 0 Å². The van der Waals surface area contributed by atoms with Gasteiger partial charge in [-0.05, 0) is 41.9 Å². The van der Waals surface area contributed by atoms with Gasteiger partial charge in [0, 0.05) is 11.8 Å². The van der Waals surface area contributed by atoms with Crippen LogP contribution in [0.5, 0.6) is 0 Å². The standard InChI is InChI=1S/C11H13NO/c12-11-8-3-1-2-4-5(3)9(11)7(4)10(13-11)6(2)8/h2-10H,1,12H2. The van der Waals surface area contributed by atoms with Crippen LogP contribution in [0.4, 0.5) is 0 Å². The van der Waals surface area contributed by atoms with Crippen LogP contribution >= 0.6 is 0 Å². The Labute approximate surface area is 76.8 Å². The van der Waals surface area contributed by atoms with Gasteiger partial charge in [-0.2, -0.15) is 0 Å². The van der Waals surface area contributed by atoms with Crippen LogP contribution in [-0.4, -0.2) is 11.8 Å². The van der Waals surface area contributed by atoms with Crippen molar-refractivity contribution >= 4 is 0 Å². The quantitative estimate of drug-likeness (QED) is 0.579. The third-order valence-corrected chi connectivity index (χ3v) is 6.76. The molecule has 10 atom stereocenters. The SMILES string of the molecule is NC12OC3C4C5CC(C6C5C3C61)C42. The average Bonchev–Trinajstić information content (AvgIpc) is 2.58. The first-order valence-corrected chi connectivity index (χ1v) is 5.79. The van der Waals surface area contributed by atoms with E-state index in [0.29, 0.717) is 6.10 Å². The molecule has 0 spiro atoms. The second kappa shape index (κ2) is 1.17. The molecule has 4 bridgehead atoms. The maximum absolute atomic E-state index is 6.48. The van der Waals surface area contributed by atoms with E-state index in [1.165, 1.54) is 6.42 Å². The fourth-order valence-electron chi connectivity index (χ4n) is 7.09. The van der Waals surface area contributed by atoms with Gasteiger partial charge in [-0.15, -0.1) is 0 Å². The van der Waals surface area contributed by atoms with E-state index in [1.807, 2.05) is 0 Å². The molecule has 0 amide bonds. The van der Waals surface area contributed by atoms with E-state index in [2.05, 4.69) is 0 Å². The lowest BCUT2D eigenvalue weighted by Crippen LogP contribution is -2.53. The van der Waals surface area contributed by atoms with Crippen LogP contribution in [0.15, 0.2) is 0 Å². The van der Waals surface area contributed by atoms with Crippen molar-refractivity contribution in [2.45, 2.75) is 18.2 Å². The number of hydrogen-bond acceptors (Lipinski definition) is 2. The Morgan fingerprint density at radius 1 is 1.00 bits per heavy atom. The molecule has 0 aromatic rings. The molecule has 5 aliphatic carbocycles. The molecule has 0 aromatic carbocycles. The molecule has 0 aromatic heterocycles. The van der Waals surface area contributed by atoms with Crippen LogP contribution in [0.2, 0.25) is 0 Å². The van der Waals surface area contributed by atoms with Crippen molar-refractivity contribution in [3.63, 3.8) is 0 Å². The summed E-state index contributed by atoms with van der Waals surface area (Å²) in [5.74, 6) is 7.60. The zero-order chi connectivity index (χ0) is 8.11. The molecule has 0 radical (unpaired) electrons. The Bertz CT molecular complexity index is 356. The minimum atomic E-state index is -0.114. The van der Waals surface area contributed by atoms with Crippen LogP contribution in [0.25, 0.3) is 0 Å². The highest BCUT2D eigenvalue weighted by Crippen LogP contribution is 2.89. The molecule has 10 unspecified atom stereocenters. The number of rotatable bonds is 0. The van der Waals surface area contributed by atoms with Crippen molar-refractivity contribution in [2.24, 2.45) is 53.1 Å². The second-order valence-electron chi connectivity index (χ2n) is 6.36. The fourth-order valence-corrected chi connectivity index (χ4v) is 7.09. The van der Waals surface area contributed by atoms with Crippen molar-refractivity contribution in [1.82, 2.24) is 0 Å². The summed E-state index contributed by atoms with van der Waals surface area (Å²) in [4.78, 5) is 0. The van der Waals surface area contributed by atoms with E-state index in [-0.39, 0.29) is 5.72 Å². The van der Waals surface area contributed by atoms with E-state index in [1.54, 1.807) is 0 Å². The Hall–Kier alpha value is -0.0800. The summed E-state index contributed by atoms with van der Waals surface area (Å²) in [5.41, 5.74) is 6.37. The average molecular weight is 175 g/mol. The van der Waals surface area contributed by atoms with Gasteiger partial charge in [0.1, 0.15) is 5.72 Å². The summed E-state index contributed by atoms with van der Waals surface area (Å²) in [6.07, 6.45) is 2.15. The lowest BCUT2D eigenvalue weighted by Gasteiger charge is -2.44. The van der Waals surface area contributed by atoms with Crippen molar-refractivity contribution in [2.75, 3.05) is 0 Å². The third kappa shape index (κ3) is 0.278. The maximum Gasteiger partial charge on any atom is 0.124 e. The summed E-state index contributed by atoms with van der Waals surface area (Å²) in [6.45, 7) is 0. The molecule has 13 heavy (non-hydrogen) atoms. The van der Waals surface area contributed by atoms with Crippen LogP contribution in [0.1, 0.15) is 6.42 Å². The summed E-state index contributed by atoms with van der Waals surface area (Å²) in [7, 11) is 0. The first kappa shape index (κ1) is 5.72. The molecule has 2 heterocycles. The van der Waals surface area contributed by atoms with E-state index >= 15 is 0 Å². The molecule has 2 saturated heterocycles. The number of ether oxygens (including phenoxy) is 1. The Morgan fingerprint density at radius 2 is 1.92 bits per heavy atom. The highest BCUT2D eigenvalue weighted by atomic mass is 16.5. The minimum Gasteiger partial charge on any atom is -0.356 e. The molecule has 2 N–H and O–H groups in total. The number of nitrogens with two attached hydrogens (primary N) is 1. The lowest BCUT2D eigenvalue weighted by molar-refractivity contribution is -0.0255. The normalized spacial score (nSPS) is 93.5. The van der Waals surface area contributed by atoms with Gasteiger partial charge in [-0.1, -0.05) is 0 Å². The predicted molar refractivity (Wildman–Crippen MR) is 44.3 cm³/mol. The smallest absolute Gasteiger partial charge is 0.124 e. The Balaban J connectivity index is 1.84. The van der Waals surface area contributed by atoms with Crippen LogP contribution in [0.3, 0.4) is 0 Å². The molecular weight excluding hydrogens is 162 g/mol. The summed E-state index contributed by atoms with van der Waals surface area (Å²) in [5, 5.41) is 0. The largest absolute Gasteiger partial charge is 0.356 e. The molecular formula is C11H13NO. The zero-order valence-corrected chi connectivity index (χ0v) is 7.39. The monoisotopic (exact) mass is 175 g/mol. The lowest BCUT2D eigenvalue weighted by atomic mass is 9.59. The minimum absolute atomic E-state index is 0.114. The van der Waals surface area contributed by atoms with Gasteiger partial charge in [0.25, 0.3) is 0 Å². The van der Waals surface area contributed by atoms with Gasteiger partial charge >= 0.3 is 0 Å².